The average molecular weight is 167 g/mol. The Balaban J connectivity index is 4.12. The summed E-state index contributed by atoms with van der Waals surface area (Å²) in [5.41, 5.74) is 6.50. The normalized spacial score (nSPS) is 11.5. The highest BCUT2D eigenvalue weighted by molar-refractivity contribution is 7.88. The Labute approximate surface area is 59.0 Å². The fourth-order valence-corrected chi connectivity index (χ4v) is 0.494. The molecular formula is C3H9N3O3S. The minimum absolute atomic E-state index is 0.634. The maximum atomic E-state index is 10.5. The van der Waals surface area contributed by atoms with E-state index in [-0.39, 0.29) is 0 Å². The first kappa shape index (κ1) is 9.18. The Morgan fingerprint density at radius 3 is 2.10 bits per heavy atom. The van der Waals surface area contributed by atoms with Crippen molar-refractivity contribution in [2.75, 3.05) is 13.3 Å². The fourth-order valence-electron chi connectivity index (χ4n) is 0.238. The van der Waals surface area contributed by atoms with E-state index in [4.69, 9.17) is 0 Å². The molecule has 0 atom stereocenters. The number of primary amides is 1. The number of sulfonamides is 1. The van der Waals surface area contributed by atoms with E-state index < -0.39 is 16.1 Å². The van der Waals surface area contributed by atoms with Crippen molar-refractivity contribution < 1.29 is 13.2 Å². The quantitative estimate of drug-likeness (QED) is 0.488. The van der Waals surface area contributed by atoms with Gasteiger partial charge < -0.3 is 5.73 Å². The standard InChI is InChI=1S/C3H9N3O3S/c1-6(5-3(4)7)10(2,8)9/h1-2H3,(H3,4,5,7). The summed E-state index contributed by atoms with van der Waals surface area (Å²) in [5, 5.41) is 0. The second kappa shape index (κ2) is 2.84. The molecule has 0 rings (SSSR count). The molecule has 0 aromatic carbocycles. The Bertz CT molecular complexity index is 221. The first-order valence-electron chi connectivity index (χ1n) is 2.34. The number of carbonyl (C=O) groups is 1. The van der Waals surface area contributed by atoms with E-state index in [0.717, 1.165) is 6.26 Å². The molecule has 0 aliphatic rings. The first-order chi connectivity index (χ1) is 4.34. The molecule has 0 unspecified atom stereocenters. The predicted octanol–water partition coefficient (Wildman–Crippen LogP) is -1.54. The van der Waals surface area contributed by atoms with Gasteiger partial charge >= 0.3 is 6.03 Å². The van der Waals surface area contributed by atoms with Crippen LogP contribution in [-0.2, 0) is 10.0 Å². The molecular weight excluding hydrogens is 158 g/mol. The van der Waals surface area contributed by atoms with E-state index in [0.29, 0.717) is 4.41 Å². The Morgan fingerprint density at radius 2 is 2.00 bits per heavy atom. The smallest absolute Gasteiger partial charge is 0.327 e. The SMILES string of the molecule is CN(NC(N)=O)S(C)(=O)=O. The zero-order valence-corrected chi connectivity index (χ0v) is 6.47. The minimum Gasteiger partial charge on any atom is -0.351 e. The number of nitrogens with zero attached hydrogens (tertiary/aromatic N) is 1. The van der Waals surface area contributed by atoms with Crippen LogP contribution in [0.25, 0.3) is 0 Å². The molecule has 2 amide bonds. The second-order valence-corrected chi connectivity index (χ2v) is 3.72. The number of nitrogens with two attached hydrogens (primary N) is 1. The summed E-state index contributed by atoms with van der Waals surface area (Å²) in [5.74, 6) is 0. The molecule has 60 valence electrons. The van der Waals surface area contributed by atoms with Gasteiger partial charge in [0.15, 0.2) is 0 Å². The van der Waals surface area contributed by atoms with Gasteiger partial charge in [-0.25, -0.2) is 13.2 Å². The zero-order valence-electron chi connectivity index (χ0n) is 5.66. The molecule has 0 bridgehead atoms. The highest BCUT2D eigenvalue weighted by Gasteiger charge is 2.10. The van der Waals surface area contributed by atoms with Crippen molar-refractivity contribution >= 4 is 16.1 Å². The van der Waals surface area contributed by atoms with Crippen LogP contribution >= 0.6 is 0 Å². The van der Waals surface area contributed by atoms with E-state index in [1.54, 1.807) is 0 Å². The van der Waals surface area contributed by atoms with Crippen molar-refractivity contribution in [1.82, 2.24) is 9.84 Å². The second-order valence-electron chi connectivity index (χ2n) is 1.71. The van der Waals surface area contributed by atoms with Gasteiger partial charge in [0.1, 0.15) is 0 Å². The van der Waals surface area contributed by atoms with Gasteiger partial charge in [-0.15, -0.1) is 4.41 Å². The van der Waals surface area contributed by atoms with Crippen LogP contribution in [0.1, 0.15) is 0 Å². The summed E-state index contributed by atoms with van der Waals surface area (Å²) < 4.78 is 21.7. The number of carbonyl (C=O) groups excluding carboxylic acids is 1. The average Bonchev–Trinajstić information content (AvgIpc) is 1.60. The molecule has 0 aromatic heterocycles. The van der Waals surface area contributed by atoms with Crippen LogP contribution in [0.15, 0.2) is 0 Å². The largest absolute Gasteiger partial charge is 0.351 e. The zero-order chi connectivity index (χ0) is 8.36. The molecule has 0 fully saturated rings. The van der Waals surface area contributed by atoms with Crippen molar-refractivity contribution in [3.05, 3.63) is 0 Å². The number of urea groups is 1. The number of hydrazine groups is 1. The van der Waals surface area contributed by atoms with Crippen molar-refractivity contribution in [3.8, 4) is 0 Å². The number of rotatable bonds is 2. The van der Waals surface area contributed by atoms with Gasteiger partial charge in [0, 0.05) is 7.05 Å². The Morgan fingerprint density at radius 1 is 1.60 bits per heavy atom. The number of amides is 2. The molecule has 10 heavy (non-hydrogen) atoms. The van der Waals surface area contributed by atoms with Crippen LogP contribution < -0.4 is 11.2 Å². The van der Waals surface area contributed by atoms with Crippen LogP contribution in [0.4, 0.5) is 4.79 Å². The van der Waals surface area contributed by atoms with Crippen LogP contribution in [0, 0.1) is 0 Å². The van der Waals surface area contributed by atoms with Gasteiger partial charge in [0.25, 0.3) is 0 Å². The van der Waals surface area contributed by atoms with Crippen molar-refractivity contribution in [2.24, 2.45) is 5.73 Å². The van der Waals surface area contributed by atoms with Gasteiger partial charge in [-0.05, 0) is 0 Å². The lowest BCUT2D eigenvalue weighted by Crippen LogP contribution is -2.45. The van der Waals surface area contributed by atoms with Crippen LogP contribution in [0.5, 0.6) is 0 Å². The molecule has 0 radical (unpaired) electrons. The molecule has 0 saturated heterocycles. The highest BCUT2D eigenvalue weighted by Crippen LogP contribution is 1.84. The number of hydrogen-bond donors (Lipinski definition) is 2. The summed E-state index contributed by atoms with van der Waals surface area (Å²) >= 11 is 0. The molecule has 0 heterocycles. The molecule has 3 N–H and O–H groups in total. The van der Waals surface area contributed by atoms with Gasteiger partial charge in [-0.2, -0.15) is 0 Å². The topological polar surface area (TPSA) is 92.5 Å². The molecule has 0 aromatic rings. The van der Waals surface area contributed by atoms with E-state index >= 15 is 0 Å². The lowest BCUT2D eigenvalue weighted by atomic mass is 11.1. The van der Waals surface area contributed by atoms with Gasteiger partial charge in [0.2, 0.25) is 10.0 Å². The van der Waals surface area contributed by atoms with Crippen LogP contribution in [0.2, 0.25) is 0 Å². The van der Waals surface area contributed by atoms with Crippen molar-refractivity contribution in [2.45, 2.75) is 0 Å². The van der Waals surface area contributed by atoms with E-state index in [9.17, 15) is 13.2 Å². The summed E-state index contributed by atoms with van der Waals surface area (Å²) in [6.07, 6.45) is 0.947. The van der Waals surface area contributed by atoms with Crippen LogP contribution in [0.3, 0.4) is 0 Å². The Kier molecular flexibility index (Phi) is 2.61. The van der Waals surface area contributed by atoms with Gasteiger partial charge in [-0.3, -0.25) is 5.43 Å². The highest BCUT2D eigenvalue weighted by atomic mass is 32.2. The molecule has 0 saturated carbocycles. The summed E-state index contributed by atoms with van der Waals surface area (Å²) in [7, 11) is -2.20. The molecule has 6 nitrogen and oxygen atoms in total. The third kappa shape index (κ3) is 3.25. The summed E-state index contributed by atoms with van der Waals surface area (Å²) in [6.45, 7) is 0. The van der Waals surface area contributed by atoms with E-state index in [1.807, 2.05) is 5.43 Å². The van der Waals surface area contributed by atoms with E-state index in [1.165, 1.54) is 7.05 Å². The maximum Gasteiger partial charge on any atom is 0.327 e. The van der Waals surface area contributed by atoms with Crippen molar-refractivity contribution in [1.29, 1.82) is 0 Å². The Hall–Kier alpha value is -0.820. The molecule has 7 heteroatoms. The van der Waals surface area contributed by atoms with Crippen molar-refractivity contribution in [3.63, 3.8) is 0 Å². The first-order valence-corrected chi connectivity index (χ1v) is 4.19. The summed E-state index contributed by atoms with van der Waals surface area (Å²) in [6, 6.07) is -0.909. The lowest BCUT2D eigenvalue weighted by Gasteiger charge is -2.12. The third-order valence-corrected chi connectivity index (χ3v) is 1.85. The number of hydrogen-bond acceptors (Lipinski definition) is 3. The molecule has 0 aliphatic heterocycles. The third-order valence-electron chi connectivity index (χ3n) is 0.765. The monoisotopic (exact) mass is 167 g/mol. The maximum absolute atomic E-state index is 10.5. The fraction of sp³-hybridized carbons (Fsp3) is 0.667. The van der Waals surface area contributed by atoms with Gasteiger partial charge in [-0.1, -0.05) is 0 Å². The van der Waals surface area contributed by atoms with Crippen LogP contribution in [-0.4, -0.2) is 32.2 Å². The minimum atomic E-state index is -3.38. The predicted molar refractivity (Wildman–Crippen MR) is 35.3 cm³/mol. The molecule has 0 aliphatic carbocycles. The van der Waals surface area contributed by atoms with E-state index in [2.05, 4.69) is 5.73 Å². The lowest BCUT2D eigenvalue weighted by molar-refractivity contribution is 0.234. The molecule has 0 spiro atoms. The number of nitrogens with one attached hydrogen (secondary N) is 1. The summed E-state index contributed by atoms with van der Waals surface area (Å²) in [4.78, 5) is 10.1. The van der Waals surface area contributed by atoms with Gasteiger partial charge in [0.05, 0.1) is 6.26 Å².